The van der Waals surface area contributed by atoms with Crippen molar-refractivity contribution in [3.05, 3.63) is 12.0 Å². The number of ether oxygens (including phenoxy) is 1. The Morgan fingerprint density at radius 1 is 1.67 bits per heavy atom. The van der Waals surface area contributed by atoms with Crippen LogP contribution in [0.25, 0.3) is 0 Å². The van der Waals surface area contributed by atoms with Crippen molar-refractivity contribution in [3.63, 3.8) is 0 Å². The van der Waals surface area contributed by atoms with E-state index in [1.807, 2.05) is 12.4 Å². The summed E-state index contributed by atoms with van der Waals surface area (Å²) in [4.78, 5) is 4.01. The van der Waals surface area contributed by atoms with Crippen LogP contribution in [0.5, 0.6) is 0 Å². The molecule has 1 atom stereocenters. The Kier molecular flexibility index (Phi) is 1.04. The van der Waals surface area contributed by atoms with Crippen LogP contribution in [-0.4, -0.2) is 12.8 Å². The van der Waals surface area contributed by atoms with Crippen LogP contribution in [0.2, 0.25) is 0 Å². The predicted octanol–water partition coefficient (Wildman–Crippen LogP) is 1.34. The highest BCUT2D eigenvalue weighted by molar-refractivity contribution is 5.60. The minimum Gasteiger partial charge on any atom is -0.496 e. The molecule has 2 nitrogen and oxygen atoms in total. The van der Waals surface area contributed by atoms with Crippen LogP contribution in [0.4, 0.5) is 0 Å². The van der Waals surface area contributed by atoms with Gasteiger partial charge in [-0.1, -0.05) is 0 Å². The highest BCUT2D eigenvalue weighted by Gasteiger charge is 2.22. The third-order valence-corrected chi connectivity index (χ3v) is 1.83. The fourth-order valence-corrected chi connectivity index (χ4v) is 1.27. The molecule has 0 N–H and O–H groups in total. The molecule has 2 aliphatic rings. The number of hydrogen-bond acceptors (Lipinski definition) is 2. The number of fused-ring (bicyclic) bond motifs is 1. The Bertz CT molecular complexity index is 172. The monoisotopic (exact) mass is 123 g/mol. The molecule has 0 aromatic carbocycles. The third-order valence-electron chi connectivity index (χ3n) is 1.83. The van der Waals surface area contributed by atoms with Crippen LogP contribution in [0, 0.1) is 5.92 Å². The van der Waals surface area contributed by atoms with Gasteiger partial charge in [0, 0.05) is 12.1 Å². The summed E-state index contributed by atoms with van der Waals surface area (Å²) in [6.45, 7) is 0.889. The van der Waals surface area contributed by atoms with E-state index in [2.05, 4.69) is 4.99 Å². The summed E-state index contributed by atoms with van der Waals surface area (Å²) < 4.78 is 5.30. The van der Waals surface area contributed by atoms with Crippen molar-refractivity contribution in [1.29, 1.82) is 0 Å². The smallest absolute Gasteiger partial charge is 0.118 e. The summed E-state index contributed by atoms with van der Waals surface area (Å²) in [5.41, 5.74) is 0. The molecule has 0 amide bonds. The zero-order valence-electron chi connectivity index (χ0n) is 5.21. The van der Waals surface area contributed by atoms with Gasteiger partial charge in [-0.2, -0.15) is 0 Å². The van der Waals surface area contributed by atoms with Crippen LogP contribution >= 0.6 is 0 Å². The largest absolute Gasteiger partial charge is 0.496 e. The van der Waals surface area contributed by atoms with Crippen molar-refractivity contribution in [2.45, 2.75) is 12.8 Å². The van der Waals surface area contributed by atoms with E-state index in [4.69, 9.17) is 4.74 Å². The van der Waals surface area contributed by atoms with E-state index in [0.29, 0.717) is 5.92 Å². The number of rotatable bonds is 0. The number of nitrogens with zero attached hydrogens (tertiary/aromatic N) is 1. The Labute approximate surface area is 54.2 Å². The second kappa shape index (κ2) is 1.87. The highest BCUT2D eigenvalue weighted by atomic mass is 16.5. The first-order valence-corrected chi connectivity index (χ1v) is 3.31. The molecule has 0 aromatic rings. The zero-order chi connectivity index (χ0) is 6.10. The van der Waals surface area contributed by atoms with Gasteiger partial charge in [0.15, 0.2) is 0 Å². The first-order chi connectivity index (χ1) is 4.47. The molecule has 1 fully saturated rings. The van der Waals surface area contributed by atoms with E-state index in [1.165, 1.54) is 6.42 Å². The van der Waals surface area contributed by atoms with Crippen LogP contribution < -0.4 is 0 Å². The second-order valence-electron chi connectivity index (χ2n) is 2.43. The first-order valence-electron chi connectivity index (χ1n) is 3.31. The molecule has 48 valence electrons. The summed E-state index contributed by atoms with van der Waals surface area (Å²) in [6.07, 6.45) is 6.05. The fourth-order valence-electron chi connectivity index (χ4n) is 1.27. The third kappa shape index (κ3) is 0.745. The first kappa shape index (κ1) is 5.03. The van der Waals surface area contributed by atoms with Crippen molar-refractivity contribution >= 4 is 6.21 Å². The molecule has 0 spiro atoms. The van der Waals surface area contributed by atoms with Crippen LogP contribution in [0.15, 0.2) is 17.0 Å². The predicted molar refractivity (Wildman–Crippen MR) is 35.3 cm³/mol. The van der Waals surface area contributed by atoms with Gasteiger partial charge < -0.3 is 4.74 Å². The van der Waals surface area contributed by atoms with Crippen molar-refractivity contribution in [3.8, 4) is 0 Å². The average Bonchev–Trinajstić information content (AvgIpc) is 2.33. The maximum atomic E-state index is 5.30. The molecule has 0 bridgehead atoms. The molecule has 2 aliphatic heterocycles. The number of allylic oxidation sites excluding steroid dienone is 1. The molecule has 2 rings (SSSR count). The summed E-state index contributed by atoms with van der Waals surface area (Å²) in [5, 5.41) is 0. The van der Waals surface area contributed by atoms with Crippen LogP contribution in [0.3, 0.4) is 0 Å². The van der Waals surface area contributed by atoms with Crippen LogP contribution in [0.1, 0.15) is 12.8 Å². The molecule has 2 heteroatoms. The molecule has 2 heterocycles. The Morgan fingerprint density at radius 2 is 2.67 bits per heavy atom. The van der Waals surface area contributed by atoms with E-state index in [0.717, 1.165) is 18.8 Å². The maximum absolute atomic E-state index is 5.30. The van der Waals surface area contributed by atoms with Gasteiger partial charge in [0.2, 0.25) is 0 Å². The van der Waals surface area contributed by atoms with Crippen molar-refractivity contribution in [2.24, 2.45) is 10.9 Å². The molecule has 9 heavy (non-hydrogen) atoms. The SMILES string of the molecule is C1=NC=C2OCCC2C1. The van der Waals surface area contributed by atoms with Gasteiger partial charge in [0.25, 0.3) is 0 Å². The van der Waals surface area contributed by atoms with Crippen LogP contribution in [-0.2, 0) is 4.74 Å². The Morgan fingerprint density at radius 3 is 3.56 bits per heavy atom. The van der Waals surface area contributed by atoms with Gasteiger partial charge in [-0.05, 0) is 12.8 Å². The molecule has 0 aromatic heterocycles. The summed E-state index contributed by atoms with van der Waals surface area (Å²) in [6, 6.07) is 0. The summed E-state index contributed by atoms with van der Waals surface area (Å²) in [5.74, 6) is 1.75. The van der Waals surface area contributed by atoms with Gasteiger partial charge in [-0.25, -0.2) is 0 Å². The molecule has 1 unspecified atom stereocenters. The van der Waals surface area contributed by atoms with Gasteiger partial charge in [-0.3, -0.25) is 4.99 Å². The van der Waals surface area contributed by atoms with Gasteiger partial charge in [-0.15, -0.1) is 0 Å². The van der Waals surface area contributed by atoms with E-state index in [9.17, 15) is 0 Å². The minimum absolute atomic E-state index is 0.655. The van der Waals surface area contributed by atoms with Gasteiger partial charge in [0.05, 0.1) is 12.8 Å². The van der Waals surface area contributed by atoms with E-state index < -0.39 is 0 Å². The fraction of sp³-hybridized carbons (Fsp3) is 0.571. The lowest BCUT2D eigenvalue weighted by molar-refractivity contribution is 0.258. The quantitative estimate of drug-likeness (QED) is 0.476. The van der Waals surface area contributed by atoms with Gasteiger partial charge in [0.1, 0.15) is 5.76 Å². The molecule has 1 saturated heterocycles. The van der Waals surface area contributed by atoms with Gasteiger partial charge >= 0.3 is 0 Å². The van der Waals surface area contributed by atoms with Crippen molar-refractivity contribution in [2.75, 3.05) is 6.61 Å². The molecule has 0 saturated carbocycles. The standard InChI is InChI=1S/C7H9NO/c1-3-8-5-7-6(1)2-4-9-7/h3,5-6H,1-2,4H2. The highest BCUT2D eigenvalue weighted by Crippen LogP contribution is 2.28. The number of hydrogen-bond donors (Lipinski definition) is 0. The molecule has 0 radical (unpaired) electrons. The van der Waals surface area contributed by atoms with E-state index in [1.54, 1.807) is 0 Å². The van der Waals surface area contributed by atoms with E-state index >= 15 is 0 Å². The average molecular weight is 123 g/mol. The molecular weight excluding hydrogens is 114 g/mol. The summed E-state index contributed by atoms with van der Waals surface area (Å²) in [7, 11) is 0. The Balaban J connectivity index is 2.23. The zero-order valence-corrected chi connectivity index (χ0v) is 5.21. The normalized spacial score (nSPS) is 31.1. The topological polar surface area (TPSA) is 21.6 Å². The maximum Gasteiger partial charge on any atom is 0.118 e. The number of aliphatic imine (C=N–C) groups is 1. The lowest BCUT2D eigenvalue weighted by atomic mass is 10.0. The minimum atomic E-state index is 0.655. The van der Waals surface area contributed by atoms with E-state index in [-0.39, 0.29) is 0 Å². The lowest BCUT2D eigenvalue weighted by Gasteiger charge is -2.07. The lowest BCUT2D eigenvalue weighted by Crippen LogP contribution is -2.00. The second-order valence-corrected chi connectivity index (χ2v) is 2.43. The summed E-state index contributed by atoms with van der Waals surface area (Å²) >= 11 is 0. The molecular formula is C7H9NO. The van der Waals surface area contributed by atoms with Crippen molar-refractivity contribution in [1.82, 2.24) is 0 Å². The van der Waals surface area contributed by atoms with Crippen molar-refractivity contribution < 1.29 is 4.74 Å². The molecule has 0 aliphatic carbocycles. The Hall–Kier alpha value is -0.790.